The molecule has 0 saturated heterocycles. The van der Waals surface area contributed by atoms with E-state index in [1.807, 2.05) is 41.8 Å². The van der Waals surface area contributed by atoms with E-state index in [9.17, 15) is 9.59 Å². The van der Waals surface area contributed by atoms with Crippen molar-refractivity contribution < 1.29 is 9.59 Å². The van der Waals surface area contributed by atoms with Gasteiger partial charge in [-0.05, 0) is 61.7 Å². The molecule has 0 spiro atoms. The third-order valence-electron chi connectivity index (χ3n) is 4.80. The SMILES string of the molecule is CCN(CC)c1ccc(NC(=O)c2ccccc2N(C)C(=O)c2cccs2)cc1. The van der Waals surface area contributed by atoms with Crippen LogP contribution >= 0.6 is 11.3 Å². The summed E-state index contributed by atoms with van der Waals surface area (Å²) in [4.78, 5) is 30.0. The quantitative estimate of drug-likeness (QED) is 0.591. The summed E-state index contributed by atoms with van der Waals surface area (Å²) in [6.45, 7) is 6.09. The van der Waals surface area contributed by atoms with E-state index in [0.29, 0.717) is 21.8 Å². The number of amides is 2. The van der Waals surface area contributed by atoms with Gasteiger partial charge in [0.25, 0.3) is 11.8 Å². The number of hydrogen-bond acceptors (Lipinski definition) is 4. The third-order valence-corrected chi connectivity index (χ3v) is 5.66. The lowest BCUT2D eigenvalue weighted by Crippen LogP contribution is -2.28. The second kappa shape index (κ2) is 9.39. The Kier molecular flexibility index (Phi) is 6.67. The molecule has 0 radical (unpaired) electrons. The lowest BCUT2D eigenvalue weighted by atomic mass is 10.1. The Labute approximate surface area is 175 Å². The van der Waals surface area contributed by atoms with E-state index in [1.165, 1.54) is 16.2 Å². The highest BCUT2D eigenvalue weighted by atomic mass is 32.1. The highest BCUT2D eigenvalue weighted by Crippen LogP contribution is 2.24. The Hall–Kier alpha value is -3.12. The molecule has 29 heavy (non-hydrogen) atoms. The Morgan fingerprint density at radius 2 is 1.62 bits per heavy atom. The van der Waals surface area contributed by atoms with Gasteiger partial charge in [-0.1, -0.05) is 18.2 Å². The predicted octanol–water partition coefficient (Wildman–Crippen LogP) is 5.12. The van der Waals surface area contributed by atoms with Gasteiger partial charge < -0.3 is 15.1 Å². The summed E-state index contributed by atoms with van der Waals surface area (Å²) in [6, 6.07) is 18.5. The van der Waals surface area contributed by atoms with Gasteiger partial charge in [0, 0.05) is 31.5 Å². The summed E-state index contributed by atoms with van der Waals surface area (Å²) in [5, 5.41) is 4.80. The van der Waals surface area contributed by atoms with Crippen LogP contribution in [0.1, 0.15) is 33.9 Å². The fraction of sp³-hybridized carbons (Fsp3) is 0.217. The highest BCUT2D eigenvalue weighted by molar-refractivity contribution is 7.12. The zero-order valence-corrected chi connectivity index (χ0v) is 17.7. The second-order valence-corrected chi connectivity index (χ2v) is 7.48. The Balaban J connectivity index is 1.79. The van der Waals surface area contributed by atoms with Crippen molar-refractivity contribution >= 4 is 40.2 Å². The normalized spacial score (nSPS) is 10.4. The summed E-state index contributed by atoms with van der Waals surface area (Å²) in [7, 11) is 1.69. The molecule has 0 atom stereocenters. The molecule has 6 heteroatoms. The zero-order valence-electron chi connectivity index (χ0n) is 16.9. The standard InChI is InChI=1S/C23H25N3O2S/c1-4-26(5-2)18-14-12-17(13-15-18)24-22(27)19-9-6-7-10-20(19)25(3)23(28)21-11-8-16-29-21/h6-16H,4-5H2,1-3H3,(H,24,27). The molecule has 0 bridgehead atoms. The molecule has 3 rings (SSSR count). The summed E-state index contributed by atoms with van der Waals surface area (Å²) in [5.74, 6) is -0.383. The number of para-hydroxylation sites is 1. The van der Waals surface area contributed by atoms with Gasteiger partial charge in [-0.15, -0.1) is 11.3 Å². The minimum absolute atomic E-state index is 0.135. The molecule has 0 fully saturated rings. The van der Waals surface area contributed by atoms with Crippen LogP contribution in [0, 0.1) is 0 Å². The van der Waals surface area contributed by atoms with Crippen LogP contribution in [0.15, 0.2) is 66.0 Å². The molecule has 0 unspecified atom stereocenters. The smallest absolute Gasteiger partial charge is 0.268 e. The monoisotopic (exact) mass is 407 g/mol. The maximum Gasteiger partial charge on any atom is 0.268 e. The van der Waals surface area contributed by atoms with Crippen LogP contribution in [0.4, 0.5) is 17.1 Å². The molecule has 1 N–H and O–H groups in total. The van der Waals surface area contributed by atoms with Gasteiger partial charge in [-0.2, -0.15) is 0 Å². The highest BCUT2D eigenvalue weighted by Gasteiger charge is 2.20. The molecule has 3 aromatic rings. The van der Waals surface area contributed by atoms with Gasteiger partial charge in [-0.25, -0.2) is 0 Å². The number of benzene rings is 2. The molecule has 0 aliphatic rings. The van der Waals surface area contributed by atoms with Crippen LogP contribution in [0.2, 0.25) is 0 Å². The van der Waals surface area contributed by atoms with E-state index in [1.54, 1.807) is 31.3 Å². The molecule has 150 valence electrons. The van der Waals surface area contributed by atoms with Gasteiger partial charge in [-0.3, -0.25) is 9.59 Å². The average Bonchev–Trinajstić information content (AvgIpc) is 3.29. The van der Waals surface area contributed by atoms with E-state index in [4.69, 9.17) is 0 Å². The van der Waals surface area contributed by atoms with Crippen molar-refractivity contribution in [2.24, 2.45) is 0 Å². The molecular weight excluding hydrogens is 382 g/mol. The predicted molar refractivity (Wildman–Crippen MR) is 121 cm³/mol. The fourth-order valence-electron chi connectivity index (χ4n) is 3.18. The Morgan fingerprint density at radius 3 is 2.24 bits per heavy atom. The van der Waals surface area contributed by atoms with Gasteiger partial charge >= 0.3 is 0 Å². The van der Waals surface area contributed by atoms with Gasteiger partial charge in [0.05, 0.1) is 16.1 Å². The topological polar surface area (TPSA) is 52.7 Å². The van der Waals surface area contributed by atoms with E-state index < -0.39 is 0 Å². The first-order chi connectivity index (χ1) is 14.0. The first kappa shape index (κ1) is 20.6. The van der Waals surface area contributed by atoms with Crippen molar-refractivity contribution in [3.63, 3.8) is 0 Å². The van der Waals surface area contributed by atoms with E-state index in [-0.39, 0.29) is 11.8 Å². The second-order valence-electron chi connectivity index (χ2n) is 6.53. The number of nitrogens with one attached hydrogen (secondary N) is 1. The molecule has 1 heterocycles. The number of nitrogens with zero attached hydrogens (tertiary/aromatic N) is 2. The molecule has 2 aromatic carbocycles. The number of carbonyl (C=O) groups is 2. The molecule has 5 nitrogen and oxygen atoms in total. The largest absolute Gasteiger partial charge is 0.372 e. The molecule has 0 saturated carbocycles. The van der Waals surface area contributed by atoms with Crippen LogP contribution in [-0.4, -0.2) is 32.0 Å². The minimum atomic E-state index is -0.248. The molecule has 1 aromatic heterocycles. The first-order valence-corrected chi connectivity index (χ1v) is 10.5. The van der Waals surface area contributed by atoms with Gasteiger partial charge in [0.2, 0.25) is 0 Å². The van der Waals surface area contributed by atoms with Crippen LogP contribution in [0.25, 0.3) is 0 Å². The fourth-order valence-corrected chi connectivity index (χ4v) is 3.87. The summed E-state index contributed by atoms with van der Waals surface area (Å²) >= 11 is 1.38. The third kappa shape index (κ3) is 4.66. The minimum Gasteiger partial charge on any atom is -0.372 e. The van der Waals surface area contributed by atoms with Crippen molar-refractivity contribution in [3.05, 3.63) is 76.5 Å². The van der Waals surface area contributed by atoms with E-state index in [0.717, 1.165) is 18.8 Å². The zero-order chi connectivity index (χ0) is 20.8. The molecule has 0 aliphatic heterocycles. The van der Waals surface area contributed by atoms with Gasteiger partial charge in [0.1, 0.15) is 0 Å². The van der Waals surface area contributed by atoms with E-state index in [2.05, 4.69) is 24.1 Å². The molecular formula is C23H25N3O2S. The molecule has 2 amide bonds. The number of anilines is 3. The van der Waals surface area contributed by atoms with Crippen molar-refractivity contribution in [1.29, 1.82) is 0 Å². The van der Waals surface area contributed by atoms with Crippen LogP contribution in [0.5, 0.6) is 0 Å². The number of rotatable bonds is 7. The lowest BCUT2D eigenvalue weighted by molar-refractivity contribution is 0.0996. The van der Waals surface area contributed by atoms with Crippen LogP contribution in [0.3, 0.4) is 0 Å². The number of hydrogen-bond donors (Lipinski definition) is 1. The first-order valence-electron chi connectivity index (χ1n) is 9.62. The summed E-state index contributed by atoms with van der Waals surface area (Å²) < 4.78 is 0. The number of carbonyl (C=O) groups excluding carboxylic acids is 2. The van der Waals surface area contributed by atoms with Crippen molar-refractivity contribution in [1.82, 2.24) is 0 Å². The van der Waals surface area contributed by atoms with Crippen molar-refractivity contribution in [3.8, 4) is 0 Å². The van der Waals surface area contributed by atoms with E-state index >= 15 is 0 Å². The average molecular weight is 408 g/mol. The molecule has 0 aliphatic carbocycles. The Morgan fingerprint density at radius 1 is 0.931 bits per heavy atom. The Bertz CT molecular complexity index is 964. The van der Waals surface area contributed by atoms with Crippen LogP contribution in [-0.2, 0) is 0 Å². The maximum absolute atomic E-state index is 12.9. The summed E-state index contributed by atoms with van der Waals surface area (Å²) in [6.07, 6.45) is 0. The van der Waals surface area contributed by atoms with Gasteiger partial charge in [0.15, 0.2) is 0 Å². The van der Waals surface area contributed by atoms with Crippen LogP contribution < -0.4 is 15.1 Å². The number of thiophene rings is 1. The van der Waals surface area contributed by atoms with Crippen molar-refractivity contribution in [2.75, 3.05) is 35.3 Å². The van der Waals surface area contributed by atoms with Crippen molar-refractivity contribution in [2.45, 2.75) is 13.8 Å². The maximum atomic E-state index is 12.9. The lowest BCUT2D eigenvalue weighted by Gasteiger charge is -2.21. The summed E-state index contributed by atoms with van der Waals surface area (Å²) in [5.41, 5.74) is 2.86.